The quantitative estimate of drug-likeness (QED) is 0.471. The minimum absolute atomic E-state index is 0.198. The SMILES string of the molecule is CCCCCC(O)c1cn(C[C@@H]2O[C@H](CO)[C@@H](O)[C@@H]2O)nn1. The highest BCUT2D eigenvalue weighted by Gasteiger charge is 2.42. The van der Waals surface area contributed by atoms with Crippen LogP contribution in [0.25, 0.3) is 0 Å². The molecular weight excluding hydrogens is 290 g/mol. The smallest absolute Gasteiger partial charge is 0.111 e. The number of aliphatic hydroxyl groups is 4. The van der Waals surface area contributed by atoms with Gasteiger partial charge < -0.3 is 25.2 Å². The van der Waals surface area contributed by atoms with Crippen molar-refractivity contribution >= 4 is 0 Å². The zero-order valence-corrected chi connectivity index (χ0v) is 12.7. The van der Waals surface area contributed by atoms with E-state index in [4.69, 9.17) is 9.84 Å². The number of hydrogen-bond acceptors (Lipinski definition) is 7. The van der Waals surface area contributed by atoms with E-state index in [-0.39, 0.29) is 13.2 Å². The minimum atomic E-state index is -1.11. The zero-order chi connectivity index (χ0) is 16.1. The van der Waals surface area contributed by atoms with Crippen LogP contribution in [-0.2, 0) is 11.3 Å². The summed E-state index contributed by atoms with van der Waals surface area (Å²) in [5, 5.41) is 46.5. The first-order valence-electron chi connectivity index (χ1n) is 7.77. The highest BCUT2D eigenvalue weighted by Crippen LogP contribution is 2.23. The number of aliphatic hydroxyl groups excluding tert-OH is 4. The maximum atomic E-state index is 10.0. The van der Waals surface area contributed by atoms with Gasteiger partial charge in [0.1, 0.15) is 30.1 Å². The van der Waals surface area contributed by atoms with Gasteiger partial charge in [-0.1, -0.05) is 31.4 Å². The van der Waals surface area contributed by atoms with Crippen LogP contribution in [-0.4, -0.2) is 66.4 Å². The molecule has 0 saturated carbocycles. The molecule has 22 heavy (non-hydrogen) atoms. The van der Waals surface area contributed by atoms with Crippen LogP contribution >= 0.6 is 0 Å². The summed E-state index contributed by atoms with van der Waals surface area (Å²) in [6.07, 6.45) is 1.03. The highest BCUT2D eigenvalue weighted by molar-refractivity contribution is 4.98. The first-order valence-corrected chi connectivity index (χ1v) is 7.77. The molecule has 0 bridgehead atoms. The Morgan fingerprint density at radius 1 is 1.27 bits per heavy atom. The topological polar surface area (TPSA) is 121 Å². The largest absolute Gasteiger partial charge is 0.394 e. The Labute approximate surface area is 129 Å². The van der Waals surface area contributed by atoms with Crippen molar-refractivity contribution < 1.29 is 25.2 Å². The van der Waals surface area contributed by atoms with Crippen LogP contribution in [0.3, 0.4) is 0 Å². The van der Waals surface area contributed by atoms with Crippen molar-refractivity contribution in [1.82, 2.24) is 15.0 Å². The number of hydrogen-bond donors (Lipinski definition) is 4. The monoisotopic (exact) mass is 315 g/mol. The van der Waals surface area contributed by atoms with Crippen LogP contribution in [0, 0.1) is 0 Å². The molecule has 2 rings (SSSR count). The molecule has 0 spiro atoms. The van der Waals surface area contributed by atoms with Gasteiger partial charge >= 0.3 is 0 Å². The van der Waals surface area contributed by atoms with E-state index in [0.29, 0.717) is 12.1 Å². The van der Waals surface area contributed by atoms with Gasteiger partial charge in [-0.05, 0) is 6.42 Å². The van der Waals surface area contributed by atoms with Gasteiger partial charge in [0.25, 0.3) is 0 Å². The highest BCUT2D eigenvalue weighted by atomic mass is 16.6. The van der Waals surface area contributed by atoms with Gasteiger partial charge in [-0.2, -0.15) is 0 Å². The molecule has 1 aromatic rings. The fourth-order valence-corrected chi connectivity index (χ4v) is 2.60. The van der Waals surface area contributed by atoms with Gasteiger partial charge in [0, 0.05) is 0 Å². The Morgan fingerprint density at radius 3 is 2.64 bits per heavy atom. The lowest BCUT2D eigenvalue weighted by molar-refractivity contribution is -0.0276. The summed E-state index contributed by atoms with van der Waals surface area (Å²) in [7, 11) is 0. The maximum absolute atomic E-state index is 10.0. The Hall–Kier alpha value is -1.06. The molecule has 1 aliphatic heterocycles. The summed E-state index contributed by atoms with van der Waals surface area (Å²) in [5.74, 6) is 0. The number of ether oxygens (including phenoxy) is 1. The molecule has 4 N–H and O–H groups in total. The van der Waals surface area contributed by atoms with Gasteiger partial charge in [-0.15, -0.1) is 5.10 Å². The first kappa shape index (κ1) is 17.3. The molecule has 0 radical (unpaired) electrons. The lowest BCUT2D eigenvalue weighted by atomic mass is 10.1. The molecule has 0 aromatic carbocycles. The Kier molecular flexibility index (Phi) is 6.27. The van der Waals surface area contributed by atoms with E-state index in [1.54, 1.807) is 6.20 Å². The molecule has 1 unspecified atom stereocenters. The van der Waals surface area contributed by atoms with E-state index < -0.39 is 30.5 Å². The third-order valence-electron chi connectivity index (χ3n) is 3.99. The standard InChI is InChI=1S/C14H25N3O5/c1-2-3-4-5-10(19)9-6-17(16-15-9)7-11-13(20)14(21)12(8-18)22-11/h6,10-14,18-21H,2-5,7-8H2,1H3/t10?,11-,12+,13+,14+/m0/s1. The molecule has 2 heterocycles. The molecule has 126 valence electrons. The third kappa shape index (κ3) is 4.02. The number of nitrogens with zero attached hydrogens (tertiary/aromatic N) is 3. The van der Waals surface area contributed by atoms with Gasteiger partial charge in [0.2, 0.25) is 0 Å². The second-order valence-electron chi connectivity index (χ2n) is 5.75. The Bertz CT molecular complexity index is 455. The second-order valence-corrected chi connectivity index (χ2v) is 5.75. The molecule has 0 aliphatic carbocycles. The summed E-state index contributed by atoms with van der Waals surface area (Å²) < 4.78 is 6.86. The van der Waals surface area contributed by atoms with Crippen LogP contribution in [0.1, 0.15) is 44.4 Å². The van der Waals surface area contributed by atoms with Gasteiger partial charge in [0.05, 0.1) is 25.5 Å². The predicted octanol–water partition coefficient (Wildman–Crippen LogP) is -0.627. The summed E-state index contributed by atoms with van der Waals surface area (Å²) >= 11 is 0. The van der Waals surface area contributed by atoms with Crippen molar-refractivity contribution in [1.29, 1.82) is 0 Å². The van der Waals surface area contributed by atoms with Crippen molar-refractivity contribution in [2.75, 3.05) is 6.61 Å². The van der Waals surface area contributed by atoms with Crippen LogP contribution in [0.2, 0.25) is 0 Å². The van der Waals surface area contributed by atoms with E-state index in [9.17, 15) is 15.3 Å². The Balaban J connectivity index is 1.89. The first-order chi connectivity index (χ1) is 10.6. The summed E-state index contributed by atoms with van der Waals surface area (Å²) in [6.45, 7) is 1.94. The van der Waals surface area contributed by atoms with E-state index in [2.05, 4.69) is 17.2 Å². The van der Waals surface area contributed by atoms with Crippen LogP contribution < -0.4 is 0 Å². The predicted molar refractivity (Wildman–Crippen MR) is 76.9 cm³/mol. The molecule has 1 aromatic heterocycles. The van der Waals surface area contributed by atoms with Crippen LogP contribution in [0.4, 0.5) is 0 Å². The average Bonchev–Trinajstić information content (AvgIpc) is 3.08. The average molecular weight is 315 g/mol. The van der Waals surface area contributed by atoms with E-state index >= 15 is 0 Å². The van der Waals surface area contributed by atoms with E-state index in [1.165, 1.54) is 4.68 Å². The van der Waals surface area contributed by atoms with Crippen molar-refractivity contribution in [2.45, 2.75) is 69.7 Å². The number of aromatic nitrogens is 3. The van der Waals surface area contributed by atoms with Gasteiger partial charge in [-0.25, -0.2) is 4.68 Å². The number of unbranched alkanes of at least 4 members (excludes halogenated alkanes) is 2. The maximum Gasteiger partial charge on any atom is 0.111 e. The number of rotatable bonds is 8. The summed E-state index contributed by atoms with van der Waals surface area (Å²) in [4.78, 5) is 0. The molecule has 5 atom stereocenters. The van der Waals surface area contributed by atoms with Crippen LogP contribution in [0.5, 0.6) is 0 Å². The molecule has 0 amide bonds. The minimum Gasteiger partial charge on any atom is -0.394 e. The lowest BCUT2D eigenvalue weighted by Gasteiger charge is -2.13. The molecule has 8 nitrogen and oxygen atoms in total. The summed E-state index contributed by atoms with van der Waals surface area (Å²) in [5.41, 5.74) is 0.489. The fraction of sp³-hybridized carbons (Fsp3) is 0.857. The molecule has 8 heteroatoms. The molecule has 1 fully saturated rings. The van der Waals surface area contributed by atoms with E-state index in [0.717, 1.165) is 19.3 Å². The van der Waals surface area contributed by atoms with Crippen molar-refractivity contribution in [3.8, 4) is 0 Å². The van der Waals surface area contributed by atoms with Gasteiger partial charge in [0.15, 0.2) is 0 Å². The lowest BCUT2D eigenvalue weighted by Crippen LogP contribution is -2.35. The molecule has 1 saturated heterocycles. The second kappa shape index (κ2) is 7.98. The van der Waals surface area contributed by atoms with Crippen molar-refractivity contribution in [2.24, 2.45) is 0 Å². The van der Waals surface area contributed by atoms with Crippen molar-refractivity contribution in [3.05, 3.63) is 11.9 Å². The van der Waals surface area contributed by atoms with Crippen LogP contribution in [0.15, 0.2) is 6.20 Å². The third-order valence-corrected chi connectivity index (χ3v) is 3.99. The normalized spacial score (nSPS) is 29.9. The molecule has 1 aliphatic rings. The molecular formula is C14H25N3O5. The fourth-order valence-electron chi connectivity index (χ4n) is 2.60. The van der Waals surface area contributed by atoms with Gasteiger partial charge in [-0.3, -0.25) is 0 Å². The van der Waals surface area contributed by atoms with Crippen molar-refractivity contribution in [3.63, 3.8) is 0 Å². The Morgan fingerprint density at radius 2 is 2.00 bits per heavy atom. The summed E-state index contributed by atoms with van der Waals surface area (Å²) in [6, 6.07) is 0. The van der Waals surface area contributed by atoms with E-state index in [1.807, 2.05) is 0 Å². The zero-order valence-electron chi connectivity index (χ0n) is 12.7.